The second-order valence-corrected chi connectivity index (χ2v) is 29.6. The van der Waals surface area contributed by atoms with Gasteiger partial charge in [-0.2, -0.15) is 12.1 Å². The minimum atomic E-state index is 0. The molecule has 63 heavy (non-hydrogen) atoms. The van der Waals surface area contributed by atoms with Gasteiger partial charge in [-0.05, 0) is 166 Å². The van der Waals surface area contributed by atoms with Crippen LogP contribution in [0, 0.1) is 56.3 Å². The molecule has 6 aromatic carbocycles. The quantitative estimate of drug-likeness (QED) is 0.111. The minimum absolute atomic E-state index is 0. The average Bonchev–Trinajstić information content (AvgIpc) is 3.84. The van der Waals surface area contributed by atoms with E-state index < -0.39 is 0 Å². The number of aryl methyl sites for hydroxylation is 4. The standard InChI is InChI=1S/C28H31.C27H29.C4H10Si.2ClH.Zr/c1-3-19-13-24-8-18(2)9-26(27(24)14-19)23-4-6-25(7-5-23)28-15-20-10-21(16-28)12-22(11-20)17-28;1-17-7-23-8-18(2)10-26(23)25(9-17)22-3-5-24(6-4-22)27-14-19-11-20(15-27)13-21(12-19)16-27;1-3-5-4-2;;;/h4-9,13-14,20-22H,3,10-12,15-17H2,1-2H3;3-10,19-21H,11-16H2,1-2H3;3-4H2,1-2H3;2*1H;/q2*-1;;;;+2/p-2. The zero-order valence-electron chi connectivity index (χ0n) is 39.1. The normalized spacial score (nSPS) is 28.2. The van der Waals surface area contributed by atoms with Crippen LogP contribution in [-0.2, 0) is 40.6 Å². The maximum atomic E-state index is 2.49. The van der Waals surface area contributed by atoms with Crippen LogP contribution in [0.2, 0.25) is 12.1 Å². The van der Waals surface area contributed by atoms with E-state index in [1.807, 2.05) is 0 Å². The molecule has 14 rings (SSSR count). The summed E-state index contributed by atoms with van der Waals surface area (Å²) in [4.78, 5) is 0. The van der Waals surface area contributed by atoms with Crippen LogP contribution in [0.15, 0.2) is 97.1 Å². The van der Waals surface area contributed by atoms with Gasteiger partial charge in [0.2, 0.25) is 0 Å². The van der Waals surface area contributed by atoms with Crippen LogP contribution >= 0.6 is 0 Å². The first-order chi connectivity index (χ1) is 29.5. The Kier molecular flexibility index (Phi) is 14.4. The van der Waals surface area contributed by atoms with Crippen LogP contribution in [-0.4, -0.2) is 5.43 Å². The van der Waals surface area contributed by atoms with Crippen LogP contribution in [0.4, 0.5) is 0 Å². The molecular weight excluding hydrogens is 899 g/mol. The van der Waals surface area contributed by atoms with Crippen LogP contribution in [0.5, 0.6) is 0 Å². The van der Waals surface area contributed by atoms with E-state index in [9.17, 15) is 0 Å². The van der Waals surface area contributed by atoms with E-state index in [0.717, 1.165) is 41.9 Å². The summed E-state index contributed by atoms with van der Waals surface area (Å²) in [6, 6.07) is 41.3. The Morgan fingerprint density at radius 2 is 0.873 bits per heavy atom. The number of benzene rings is 4. The molecule has 8 aliphatic carbocycles. The van der Waals surface area contributed by atoms with E-state index in [1.54, 1.807) is 34.5 Å². The van der Waals surface area contributed by atoms with Crippen molar-refractivity contribution in [2.24, 2.45) is 35.5 Å². The minimum Gasteiger partial charge on any atom is -1.00 e. The zero-order chi connectivity index (χ0) is 42.0. The van der Waals surface area contributed by atoms with E-state index in [4.69, 9.17) is 0 Å². The number of hydrogen-bond acceptors (Lipinski definition) is 0. The Morgan fingerprint density at radius 1 is 0.508 bits per heavy atom. The molecule has 0 atom stereocenters. The summed E-state index contributed by atoms with van der Waals surface area (Å²) >= 11 is 1.80. The van der Waals surface area contributed by atoms with Gasteiger partial charge in [0.15, 0.2) is 0 Å². The van der Waals surface area contributed by atoms with Crippen LogP contribution < -0.4 is 24.8 Å². The second kappa shape index (κ2) is 19.2. The first-order valence-electron chi connectivity index (χ1n) is 24.7. The molecule has 0 nitrogen and oxygen atoms in total. The smallest absolute Gasteiger partial charge is 0.00391 e. The largest absolute Gasteiger partial charge is 1.00 e. The molecule has 8 bridgehead atoms. The maximum absolute atomic E-state index is 2.49. The van der Waals surface area contributed by atoms with Crippen LogP contribution in [0.1, 0.15) is 131 Å². The van der Waals surface area contributed by atoms with Crippen molar-refractivity contribution in [2.75, 3.05) is 0 Å². The molecule has 8 saturated carbocycles. The monoisotopic (exact) mass is 966 g/mol. The van der Waals surface area contributed by atoms with Gasteiger partial charge in [0, 0.05) is 0 Å². The van der Waals surface area contributed by atoms with Crippen molar-refractivity contribution < 1.29 is 48.1 Å². The Bertz CT molecular complexity index is 2470. The van der Waals surface area contributed by atoms with Crippen molar-refractivity contribution in [3.8, 4) is 22.3 Å². The summed E-state index contributed by atoms with van der Waals surface area (Å²) in [6.07, 6.45) is 19.0. The van der Waals surface area contributed by atoms with Crippen molar-refractivity contribution in [1.29, 1.82) is 0 Å². The summed E-state index contributed by atoms with van der Waals surface area (Å²) < 4.78 is 0. The van der Waals surface area contributed by atoms with Gasteiger partial charge in [-0.1, -0.05) is 96.8 Å². The molecule has 0 aliphatic heterocycles. The molecule has 8 fully saturated rings. The fourth-order valence-corrected chi connectivity index (χ4v) is 15.5. The molecule has 4 heteroatoms. The average molecular weight is 969 g/mol. The summed E-state index contributed by atoms with van der Waals surface area (Å²) in [5.41, 5.74) is 15.6. The van der Waals surface area contributed by atoms with Gasteiger partial charge in [-0.25, -0.2) is 0 Å². The summed E-state index contributed by atoms with van der Waals surface area (Å²) in [6.45, 7) is 13.5. The zero-order valence-corrected chi connectivity index (χ0v) is 44.0. The van der Waals surface area contributed by atoms with E-state index in [2.05, 4.69) is 139 Å². The Balaban J connectivity index is 0.000000149. The van der Waals surface area contributed by atoms with Gasteiger partial charge in [0.25, 0.3) is 0 Å². The van der Waals surface area contributed by atoms with Gasteiger partial charge in [0.1, 0.15) is 0 Å². The molecule has 0 unspecified atom stereocenters. The number of fused-ring (bicyclic) bond motifs is 2. The van der Waals surface area contributed by atoms with Gasteiger partial charge < -0.3 is 24.8 Å². The summed E-state index contributed by atoms with van der Waals surface area (Å²) in [7, 11) is 0. The van der Waals surface area contributed by atoms with Crippen LogP contribution in [0.25, 0.3) is 43.8 Å². The molecule has 0 saturated heterocycles. The van der Waals surface area contributed by atoms with Crippen molar-refractivity contribution in [3.05, 3.63) is 130 Å². The van der Waals surface area contributed by atoms with Crippen LogP contribution in [0.3, 0.4) is 0 Å². The first-order valence-corrected chi connectivity index (χ1v) is 30.3. The molecular formula is C59H70Cl2SiZr-2. The molecule has 0 aromatic heterocycles. The van der Waals surface area contributed by atoms with E-state index in [1.165, 1.54) is 155 Å². The molecule has 0 spiro atoms. The molecule has 330 valence electrons. The Morgan fingerprint density at radius 3 is 1.22 bits per heavy atom. The Hall–Kier alpha value is -2.22. The van der Waals surface area contributed by atoms with Crippen molar-refractivity contribution >= 4 is 27.0 Å². The maximum Gasteiger partial charge on any atom is -0.00391 e. The van der Waals surface area contributed by atoms with Gasteiger partial charge in [-0.3, -0.25) is 0 Å². The number of halogens is 2. The second-order valence-electron chi connectivity index (χ2n) is 21.7. The number of hydrogen-bond donors (Lipinski definition) is 0. The molecule has 6 aromatic rings. The Labute approximate surface area is 408 Å². The third kappa shape index (κ3) is 9.39. The van der Waals surface area contributed by atoms with E-state index >= 15 is 0 Å². The van der Waals surface area contributed by atoms with Gasteiger partial charge in [0.05, 0.1) is 0 Å². The fourth-order valence-electron chi connectivity index (χ4n) is 15.0. The molecule has 0 heterocycles. The molecule has 0 N–H and O–H groups in total. The van der Waals surface area contributed by atoms with E-state index in [0.29, 0.717) is 10.8 Å². The number of rotatable bonds is 7. The first kappa shape index (κ1) is 47.3. The topological polar surface area (TPSA) is 0 Å². The predicted molar refractivity (Wildman–Crippen MR) is 260 cm³/mol. The van der Waals surface area contributed by atoms with Crippen molar-refractivity contribution in [3.63, 3.8) is 0 Å². The molecule has 8 aliphatic rings. The van der Waals surface area contributed by atoms with Crippen molar-refractivity contribution in [1.82, 2.24) is 0 Å². The molecule has 0 amide bonds. The SMILES string of the molecule is CC[Si](=[Zr+2])CC.CCc1cc2c(-c3ccc(C45CC6CC(CC(C6)C4)C5)cc3)cc(C)cc2[cH-]1.Cc1cc(-c2ccc(C34CC5CC(CC(C5)C3)C4)cc2)c2cc(C)[cH-]c2c1.[Cl-].[Cl-]. The van der Waals surface area contributed by atoms with Gasteiger partial charge >= 0.3 is 54.7 Å². The fraction of sp³-hybridized carbons (Fsp3) is 0.492. The summed E-state index contributed by atoms with van der Waals surface area (Å²) in [5, 5.41) is 5.61. The predicted octanol–water partition coefficient (Wildman–Crippen LogP) is 10.4. The molecule has 0 radical (unpaired) electrons. The van der Waals surface area contributed by atoms with E-state index in [-0.39, 0.29) is 30.2 Å². The summed E-state index contributed by atoms with van der Waals surface area (Å²) in [5.74, 6) is 6.08. The van der Waals surface area contributed by atoms with Gasteiger partial charge in [-0.15, -0.1) is 56.9 Å². The third-order valence-electron chi connectivity index (χ3n) is 17.1. The van der Waals surface area contributed by atoms with Crippen molar-refractivity contribution in [2.45, 2.75) is 148 Å². The third-order valence-corrected chi connectivity index (χ3v) is 24.0.